The molecule has 3 nitrogen and oxygen atoms in total. The predicted octanol–water partition coefficient (Wildman–Crippen LogP) is 1.13. The van der Waals surface area contributed by atoms with Crippen molar-refractivity contribution in [1.29, 1.82) is 0 Å². The number of methoxy groups -OCH3 is 2. The van der Waals surface area contributed by atoms with Crippen LogP contribution in [0.25, 0.3) is 0 Å². The van der Waals surface area contributed by atoms with Crippen LogP contribution in [0.5, 0.6) is 0 Å². The lowest BCUT2D eigenvalue weighted by Gasteiger charge is -2.21. The Bertz CT molecular complexity index is 115. The van der Waals surface area contributed by atoms with Crippen LogP contribution >= 0.6 is 0 Å². The zero-order valence-electron chi connectivity index (χ0n) is 6.72. The molecule has 0 aromatic rings. The van der Waals surface area contributed by atoms with E-state index in [-0.39, 0.29) is 6.29 Å². The second-order valence-corrected chi connectivity index (χ2v) is 2.66. The molecule has 1 aliphatic rings. The molecule has 0 radical (unpaired) electrons. The highest BCUT2D eigenvalue weighted by atomic mass is 16.8. The molecular formula is C7H14O3. The lowest BCUT2D eigenvalue weighted by Crippen LogP contribution is -2.27. The van der Waals surface area contributed by atoms with E-state index in [0.29, 0.717) is 0 Å². The molecular weight excluding hydrogens is 132 g/mol. The van der Waals surface area contributed by atoms with Crippen LogP contribution in [-0.4, -0.2) is 26.3 Å². The van der Waals surface area contributed by atoms with Crippen molar-refractivity contribution in [3.05, 3.63) is 0 Å². The molecule has 0 amide bonds. The van der Waals surface area contributed by atoms with Gasteiger partial charge in [0.05, 0.1) is 0 Å². The fourth-order valence-electron chi connectivity index (χ4n) is 1.09. The molecule has 10 heavy (non-hydrogen) atoms. The third-order valence-corrected chi connectivity index (χ3v) is 1.91. The lowest BCUT2D eigenvalue weighted by molar-refractivity contribution is -0.246. The van der Waals surface area contributed by atoms with Crippen molar-refractivity contribution in [3.8, 4) is 0 Å². The first-order chi connectivity index (χ1) is 4.70. The fourth-order valence-corrected chi connectivity index (χ4v) is 1.09. The van der Waals surface area contributed by atoms with Crippen LogP contribution < -0.4 is 0 Å². The molecule has 0 aliphatic carbocycles. The Balaban J connectivity index is 2.41. The van der Waals surface area contributed by atoms with Gasteiger partial charge in [-0.2, -0.15) is 0 Å². The van der Waals surface area contributed by atoms with Gasteiger partial charge in [-0.05, 0) is 6.92 Å². The molecule has 1 heterocycles. The van der Waals surface area contributed by atoms with Gasteiger partial charge in [-0.1, -0.05) is 0 Å². The predicted molar refractivity (Wildman–Crippen MR) is 36.5 cm³/mol. The SMILES string of the molecule is CO[C@H]1CC[C@@](C)(OC)O1. The summed E-state index contributed by atoms with van der Waals surface area (Å²) in [6.45, 7) is 1.92. The number of rotatable bonds is 2. The molecule has 0 saturated carbocycles. The Morgan fingerprint density at radius 2 is 2.20 bits per heavy atom. The minimum atomic E-state index is -0.416. The van der Waals surface area contributed by atoms with Crippen LogP contribution in [0.3, 0.4) is 0 Å². The van der Waals surface area contributed by atoms with E-state index in [9.17, 15) is 0 Å². The van der Waals surface area contributed by atoms with E-state index >= 15 is 0 Å². The van der Waals surface area contributed by atoms with Crippen molar-refractivity contribution in [1.82, 2.24) is 0 Å². The maximum Gasteiger partial charge on any atom is 0.168 e. The molecule has 2 atom stereocenters. The molecule has 3 heteroatoms. The second-order valence-electron chi connectivity index (χ2n) is 2.66. The minimum Gasteiger partial charge on any atom is -0.356 e. The van der Waals surface area contributed by atoms with Gasteiger partial charge in [0.25, 0.3) is 0 Å². The van der Waals surface area contributed by atoms with Gasteiger partial charge in [0.2, 0.25) is 0 Å². The van der Waals surface area contributed by atoms with Gasteiger partial charge in [-0.3, -0.25) is 0 Å². The largest absolute Gasteiger partial charge is 0.356 e. The quantitative estimate of drug-likeness (QED) is 0.584. The van der Waals surface area contributed by atoms with E-state index in [1.54, 1.807) is 14.2 Å². The molecule has 1 saturated heterocycles. The highest BCUT2D eigenvalue weighted by molar-refractivity contribution is 4.71. The van der Waals surface area contributed by atoms with Crippen molar-refractivity contribution in [2.24, 2.45) is 0 Å². The molecule has 0 aromatic carbocycles. The number of ether oxygens (including phenoxy) is 3. The van der Waals surface area contributed by atoms with E-state index in [2.05, 4.69) is 0 Å². The molecule has 0 spiro atoms. The Hall–Kier alpha value is -0.120. The third-order valence-electron chi connectivity index (χ3n) is 1.91. The highest BCUT2D eigenvalue weighted by Crippen LogP contribution is 2.30. The summed E-state index contributed by atoms with van der Waals surface area (Å²) >= 11 is 0. The third kappa shape index (κ3) is 1.48. The van der Waals surface area contributed by atoms with Crippen LogP contribution in [0, 0.1) is 0 Å². The van der Waals surface area contributed by atoms with Gasteiger partial charge in [0.15, 0.2) is 12.1 Å². The summed E-state index contributed by atoms with van der Waals surface area (Å²) < 4.78 is 15.5. The van der Waals surface area contributed by atoms with E-state index in [1.807, 2.05) is 6.92 Å². The normalized spacial score (nSPS) is 40.5. The first kappa shape index (κ1) is 7.98. The van der Waals surface area contributed by atoms with Gasteiger partial charge in [0, 0.05) is 27.1 Å². The van der Waals surface area contributed by atoms with Gasteiger partial charge in [-0.25, -0.2) is 0 Å². The monoisotopic (exact) mass is 146 g/mol. The molecule has 0 unspecified atom stereocenters. The van der Waals surface area contributed by atoms with Crippen LogP contribution in [-0.2, 0) is 14.2 Å². The van der Waals surface area contributed by atoms with Gasteiger partial charge in [0.1, 0.15) is 0 Å². The topological polar surface area (TPSA) is 27.7 Å². The smallest absolute Gasteiger partial charge is 0.168 e. The van der Waals surface area contributed by atoms with Crippen LogP contribution in [0.2, 0.25) is 0 Å². The molecule has 60 valence electrons. The van der Waals surface area contributed by atoms with Crippen LogP contribution in [0.15, 0.2) is 0 Å². The van der Waals surface area contributed by atoms with Gasteiger partial charge >= 0.3 is 0 Å². The Kier molecular flexibility index (Phi) is 2.28. The van der Waals surface area contributed by atoms with Crippen molar-refractivity contribution >= 4 is 0 Å². The summed E-state index contributed by atoms with van der Waals surface area (Å²) in [6.07, 6.45) is 1.74. The zero-order chi connectivity index (χ0) is 7.61. The molecule has 1 aliphatic heterocycles. The van der Waals surface area contributed by atoms with E-state index < -0.39 is 5.79 Å². The maximum atomic E-state index is 5.40. The maximum absolute atomic E-state index is 5.40. The number of hydrogen-bond donors (Lipinski definition) is 0. The van der Waals surface area contributed by atoms with Crippen molar-refractivity contribution in [2.75, 3.05) is 14.2 Å². The Morgan fingerprint density at radius 1 is 1.50 bits per heavy atom. The molecule has 1 rings (SSSR count). The standard InChI is InChI=1S/C7H14O3/c1-7(9-3)5-4-6(8-2)10-7/h6H,4-5H2,1-3H3/t6-,7+/m1/s1. The summed E-state index contributed by atoms with van der Waals surface area (Å²) in [7, 11) is 3.30. The molecule has 0 bridgehead atoms. The average molecular weight is 146 g/mol. The van der Waals surface area contributed by atoms with Crippen molar-refractivity contribution in [2.45, 2.75) is 31.8 Å². The highest BCUT2D eigenvalue weighted by Gasteiger charge is 2.35. The fraction of sp³-hybridized carbons (Fsp3) is 1.00. The Morgan fingerprint density at radius 3 is 2.50 bits per heavy atom. The van der Waals surface area contributed by atoms with Gasteiger partial charge < -0.3 is 14.2 Å². The zero-order valence-corrected chi connectivity index (χ0v) is 6.72. The summed E-state index contributed by atoms with van der Waals surface area (Å²) in [5.74, 6) is -0.416. The number of hydrogen-bond acceptors (Lipinski definition) is 3. The second kappa shape index (κ2) is 2.86. The van der Waals surface area contributed by atoms with Gasteiger partial charge in [-0.15, -0.1) is 0 Å². The van der Waals surface area contributed by atoms with E-state index in [0.717, 1.165) is 12.8 Å². The van der Waals surface area contributed by atoms with Crippen LogP contribution in [0.1, 0.15) is 19.8 Å². The van der Waals surface area contributed by atoms with E-state index in [4.69, 9.17) is 14.2 Å². The molecule has 0 aromatic heterocycles. The summed E-state index contributed by atoms with van der Waals surface area (Å²) in [5, 5.41) is 0. The van der Waals surface area contributed by atoms with Crippen LogP contribution in [0.4, 0.5) is 0 Å². The lowest BCUT2D eigenvalue weighted by atomic mass is 10.2. The molecule has 1 fully saturated rings. The summed E-state index contributed by atoms with van der Waals surface area (Å²) in [5.41, 5.74) is 0. The van der Waals surface area contributed by atoms with Crippen molar-refractivity contribution < 1.29 is 14.2 Å². The summed E-state index contributed by atoms with van der Waals surface area (Å²) in [6, 6.07) is 0. The first-order valence-electron chi connectivity index (χ1n) is 3.46. The summed E-state index contributed by atoms with van der Waals surface area (Å²) in [4.78, 5) is 0. The van der Waals surface area contributed by atoms with Crippen molar-refractivity contribution in [3.63, 3.8) is 0 Å². The first-order valence-corrected chi connectivity index (χ1v) is 3.46. The average Bonchev–Trinajstić information content (AvgIpc) is 2.33. The minimum absolute atomic E-state index is 0.0788. The Labute approximate surface area is 61.3 Å². The molecule has 0 N–H and O–H groups in total. The van der Waals surface area contributed by atoms with E-state index in [1.165, 1.54) is 0 Å².